The fourth-order valence-electron chi connectivity index (χ4n) is 1.45. The number of anilines is 1. The van der Waals surface area contributed by atoms with E-state index in [9.17, 15) is 13.2 Å². The van der Waals surface area contributed by atoms with Gasteiger partial charge in [0.1, 0.15) is 0 Å². The van der Waals surface area contributed by atoms with Crippen LogP contribution < -0.4 is 4.72 Å². The van der Waals surface area contributed by atoms with Crippen molar-refractivity contribution in [3.05, 3.63) is 24.5 Å². The number of H-pyrrole nitrogens is 1. The van der Waals surface area contributed by atoms with Gasteiger partial charge in [0.15, 0.2) is 0 Å². The maximum absolute atomic E-state index is 11.6. The quantitative estimate of drug-likeness (QED) is 0.742. The maximum Gasteiger partial charge on any atom is 0.304 e. The molecule has 0 radical (unpaired) electrons. The summed E-state index contributed by atoms with van der Waals surface area (Å²) in [5, 5.41) is 8.45. The summed E-state index contributed by atoms with van der Waals surface area (Å²) in [6.45, 7) is 0. The Morgan fingerprint density at radius 2 is 2.22 bits per heavy atom. The molecule has 96 valence electrons. The minimum absolute atomic E-state index is 0.372. The average Bonchev–Trinajstić information content (AvgIpc) is 2.73. The number of carboxylic acids is 1. The molecule has 7 nitrogen and oxygen atoms in total. The highest BCUT2D eigenvalue weighted by Gasteiger charge is 2.13. The van der Waals surface area contributed by atoms with Crippen LogP contribution in [0.5, 0.6) is 0 Å². The fraction of sp³-hybridized carbons (Fsp3) is 0.200. The molecular weight excluding hydrogens is 258 g/mol. The predicted octanol–water partition coefficient (Wildman–Crippen LogP) is 0.779. The van der Waals surface area contributed by atoms with Gasteiger partial charge in [-0.1, -0.05) is 0 Å². The van der Waals surface area contributed by atoms with Gasteiger partial charge in [0.25, 0.3) is 0 Å². The number of hydrogen-bond donors (Lipinski definition) is 3. The van der Waals surface area contributed by atoms with Crippen LogP contribution in [0.1, 0.15) is 6.42 Å². The van der Waals surface area contributed by atoms with Crippen LogP contribution in [0.4, 0.5) is 5.69 Å². The zero-order chi connectivity index (χ0) is 13.2. The van der Waals surface area contributed by atoms with Crippen molar-refractivity contribution in [2.24, 2.45) is 0 Å². The topological polar surface area (TPSA) is 112 Å². The first kappa shape index (κ1) is 12.4. The first-order valence-corrected chi connectivity index (χ1v) is 6.77. The van der Waals surface area contributed by atoms with E-state index < -0.39 is 28.2 Å². The van der Waals surface area contributed by atoms with Crippen LogP contribution in [0, 0.1) is 0 Å². The molecule has 2 rings (SSSR count). The number of carbonyl (C=O) groups is 1. The van der Waals surface area contributed by atoms with Crippen molar-refractivity contribution >= 4 is 32.7 Å². The van der Waals surface area contributed by atoms with Gasteiger partial charge < -0.3 is 10.1 Å². The Kier molecular flexibility index (Phi) is 3.19. The Morgan fingerprint density at radius 3 is 2.94 bits per heavy atom. The molecule has 0 amide bonds. The van der Waals surface area contributed by atoms with Crippen molar-refractivity contribution in [1.29, 1.82) is 0 Å². The largest absolute Gasteiger partial charge is 0.481 e. The van der Waals surface area contributed by atoms with E-state index in [-0.39, 0.29) is 0 Å². The average molecular weight is 269 g/mol. The highest BCUT2D eigenvalue weighted by Crippen LogP contribution is 2.16. The summed E-state index contributed by atoms with van der Waals surface area (Å²) < 4.78 is 25.5. The number of aromatic amines is 1. The molecule has 8 heteroatoms. The van der Waals surface area contributed by atoms with Crippen molar-refractivity contribution in [2.45, 2.75) is 6.42 Å². The first-order chi connectivity index (χ1) is 8.46. The highest BCUT2D eigenvalue weighted by atomic mass is 32.2. The third-order valence-corrected chi connectivity index (χ3v) is 3.57. The summed E-state index contributed by atoms with van der Waals surface area (Å²) in [5.74, 6) is -1.60. The van der Waals surface area contributed by atoms with E-state index in [1.54, 1.807) is 18.2 Å². The van der Waals surface area contributed by atoms with E-state index in [1.807, 2.05) is 0 Å². The highest BCUT2D eigenvalue weighted by molar-refractivity contribution is 7.92. The molecule has 1 aromatic carbocycles. The Balaban J connectivity index is 2.14. The second kappa shape index (κ2) is 4.65. The van der Waals surface area contributed by atoms with Gasteiger partial charge in [-0.3, -0.25) is 9.52 Å². The summed E-state index contributed by atoms with van der Waals surface area (Å²) in [6.07, 6.45) is 1.08. The molecule has 0 saturated heterocycles. The van der Waals surface area contributed by atoms with E-state index in [1.165, 1.54) is 6.33 Å². The lowest BCUT2D eigenvalue weighted by molar-refractivity contribution is -0.136. The molecule has 1 aromatic heterocycles. The molecule has 0 aliphatic rings. The van der Waals surface area contributed by atoms with E-state index in [0.717, 1.165) is 5.52 Å². The van der Waals surface area contributed by atoms with Crippen LogP contribution in [0.25, 0.3) is 11.0 Å². The molecule has 0 fully saturated rings. The predicted molar refractivity (Wildman–Crippen MR) is 65.8 cm³/mol. The van der Waals surface area contributed by atoms with Crippen molar-refractivity contribution in [1.82, 2.24) is 9.97 Å². The normalized spacial score (nSPS) is 11.6. The Labute approximate surface area is 103 Å². The molecule has 2 aromatic rings. The molecule has 1 heterocycles. The van der Waals surface area contributed by atoms with Gasteiger partial charge in [-0.2, -0.15) is 0 Å². The summed E-state index contributed by atoms with van der Waals surface area (Å²) in [6, 6.07) is 4.84. The van der Waals surface area contributed by atoms with Crippen LogP contribution in [0.2, 0.25) is 0 Å². The number of aliphatic carboxylic acids is 1. The molecule has 0 bridgehead atoms. The molecule has 0 aliphatic heterocycles. The van der Waals surface area contributed by atoms with Crippen molar-refractivity contribution in [3.8, 4) is 0 Å². The maximum atomic E-state index is 11.6. The Morgan fingerprint density at radius 1 is 1.44 bits per heavy atom. The Hall–Kier alpha value is -2.09. The van der Waals surface area contributed by atoms with Gasteiger partial charge in [0.2, 0.25) is 10.0 Å². The van der Waals surface area contributed by atoms with Gasteiger partial charge >= 0.3 is 5.97 Å². The standard InChI is InChI=1S/C10H11N3O4S/c14-10(15)3-4-18(16,17)13-7-1-2-8-9(5-7)12-6-11-8/h1-2,5-6,13H,3-4H2,(H,11,12)(H,14,15). The smallest absolute Gasteiger partial charge is 0.304 e. The van der Waals surface area contributed by atoms with Crippen LogP contribution in [-0.4, -0.2) is 35.2 Å². The van der Waals surface area contributed by atoms with E-state index >= 15 is 0 Å². The van der Waals surface area contributed by atoms with Gasteiger partial charge in [-0.15, -0.1) is 0 Å². The van der Waals surface area contributed by atoms with Gasteiger partial charge in [0, 0.05) is 0 Å². The second-order valence-electron chi connectivity index (χ2n) is 3.70. The summed E-state index contributed by atoms with van der Waals surface area (Å²) in [7, 11) is -3.65. The monoisotopic (exact) mass is 269 g/mol. The molecule has 0 spiro atoms. The van der Waals surface area contributed by atoms with E-state index in [2.05, 4.69) is 14.7 Å². The second-order valence-corrected chi connectivity index (χ2v) is 5.54. The van der Waals surface area contributed by atoms with Crippen LogP contribution >= 0.6 is 0 Å². The van der Waals surface area contributed by atoms with Crippen molar-refractivity contribution in [2.75, 3.05) is 10.5 Å². The van der Waals surface area contributed by atoms with Gasteiger partial charge in [0.05, 0.1) is 35.2 Å². The van der Waals surface area contributed by atoms with Gasteiger partial charge in [-0.05, 0) is 18.2 Å². The number of sulfonamides is 1. The fourth-order valence-corrected chi connectivity index (χ4v) is 2.48. The molecule has 3 N–H and O–H groups in total. The minimum atomic E-state index is -3.65. The SMILES string of the molecule is O=C(O)CCS(=O)(=O)Nc1ccc2nc[nH]c2c1. The number of nitrogens with zero attached hydrogens (tertiary/aromatic N) is 1. The lowest BCUT2D eigenvalue weighted by Gasteiger charge is -2.06. The zero-order valence-electron chi connectivity index (χ0n) is 9.25. The summed E-state index contributed by atoms with van der Waals surface area (Å²) in [5.41, 5.74) is 1.80. The van der Waals surface area contributed by atoms with Crippen molar-refractivity contribution in [3.63, 3.8) is 0 Å². The summed E-state index contributed by atoms with van der Waals surface area (Å²) in [4.78, 5) is 17.2. The minimum Gasteiger partial charge on any atom is -0.481 e. The van der Waals surface area contributed by atoms with Gasteiger partial charge in [-0.25, -0.2) is 13.4 Å². The molecule has 0 aliphatic carbocycles. The third-order valence-electron chi connectivity index (χ3n) is 2.28. The number of rotatable bonds is 5. The zero-order valence-corrected chi connectivity index (χ0v) is 10.1. The number of fused-ring (bicyclic) bond motifs is 1. The molecule has 18 heavy (non-hydrogen) atoms. The number of aromatic nitrogens is 2. The van der Waals surface area contributed by atoms with Crippen LogP contribution in [0.15, 0.2) is 24.5 Å². The third kappa shape index (κ3) is 2.98. The number of hydrogen-bond acceptors (Lipinski definition) is 4. The van der Waals surface area contributed by atoms with Crippen LogP contribution in [-0.2, 0) is 14.8 Å². The van der Waals surface area contributed by atoms with Crippen LogP contribution in [0.3, 0.4) is 0 Å². The lowest BCUT2D eigenvalue weighted by atomic mass is 10.3. The lowest BCUT2D eigenvalue weighted by Crippen LogP contribution is -2.18. The number of nitrogens with one attached hydrogen (secondary N) is 2. The molecular formula is C10H11N3O4S. The van der Waals surface area contributed by atoms with Crippen molar-refractivity contribution < 1.29 is 18.3 Å². The number of carboxylic acid groups (broad SMARTS) is 1. The molecule has 0 saturated carbocycles. The Bertz CT molecular complexity index is 677. The van der Waals surface area contributed by atoms with E-state index in [0.29, 0.717) is 11.2 Å². The first-order valence-electron chi connectivity index (χ1n) is 5.12. The molecule has 0 atom stereocenters. The van der Waals surface area contributed by atoms with E-state index in [4.69, 9.17) is 5.11 Å². The number of benzene rings is 1. The number of imidazole rings is 1. The molecule has 0 unspecified atom stereocenters. The summed E-state index contributed by atoms with van der Waals surface area (Å²) >= 11 is 0.